The number of benzene rings is 1. The molecule has 1 aliphatic rings. The van der Waals surface area contributed by atoms with Crippen molar-refractivity contribution in [3.8, 4) is 5.75 Å². The van der Waals surface area contributed by atoms with Crippen LogP contribution < -0.4 is 15.4 Å². The highest BCUT2D eigenvalue weighted by Crippen LogP contribution is 2.16. The molecule has 116 valence electrons. The summed E-state index contributed by atoms with van der Waals surface area (Å²) in [5.74, 6) is 1.40. The second-order valence-corrected chi connectivity index (χ2v) is 5.69. The summed E-state index contributed by atoms with van der Waals surface area (Å²) in [6.07, 6.45) is 2.48. The van der Waals surface area contributed by atoms with E-state index >= 15 is 0 Å². The molecule has 21 heavy (non-hydrogen) atoms. The SMILES string of the molecule is COc1cccc(NC(=O)CN(C)CC2CCCNC2)c1. The lowest BCUT2D eigenvalue weighted by Crippen LogP contribution is -2.39. The molecule has 5 heteroatoms. The van der Waals surface area contributed by atoms with Gasteiger partial charge in [-0.25, -0.2) is 0 Å². The maximum Gasteiger partial charge on any atom is 0.238 e. The number of likely N-dealkylation sites (N-methyl/N-ethyl adjacent to an activating group) is 1. The Morgan fingerprint density at radius 3 is 3.10 bits per heavy atom. The van der Waals surface area contributed by atoms with Crippen molar-refractivity contribution in [2.75, 3.05) is 45.7 Å². The Balaban J connectivity index is 1.77. The number of methoxy groups -OCH3 is 1. The van der Waals surface area contributed by atoms with Gasteiger partial charge in [-0.05, 0) is 51.0 Å². The maximum absolute atomic E-state index is 12.1. The molecular weight excluding hydrogens is 266 g/mol. The van der Waals surface area contributed by atoms with E-state index in [9.17, 15) is 4.79 Å². The number of carbonyl (C=O) groups excluding carboxylic acids is 1. The molecule has 1 saturated heterocycles. The molecule has 2 rings (SSSR count). The van der Waals surface area contributed by atoms with Crippen LogP contribution in [0.25, 0.3) is 0 Å². The number of nitrogens with one attached hydrogen (secondary N) is 2. The maximum atomic E-state index is 12.1. The largest absolute Gasteiger partial charge is 0.497 e. The zero-order valence-electron chi connectivity index (χ0n) is 12.9. The van der Waals surface area contributed by atoms with Crippen molar-refractivity contribution >= 4 is 11.6 Å². The number of hydrogen-bond acceptors (Lipinski definition) is 4. The fourth-order valence-electron chi connectivity index (χ4n) is 2.73. The predicted octanol–water partition coefficient (Wildman–Crippen LogP) is 1.57. The molecule has 0 spiro atoms. The fraction of sp³-hybridized carbons (Fsp3) is 0.562. The summed E-state index contributed by atoms with van der Waals surface area (Å²) in [5, 5.41) is 6.31. The van der Waals surface area contributed by atoms with Crippen molar-refractivity contribution in [2.45, 2.75) is 12.8 Å². The number of amides is 1. The van der Waals surface area contributed by atoms with Gasteiger partial charge in [0.25, 0.3) is 0 Å². The molecule has 1 aromatic rings. The monoisotopic (exact) mass is 291 g/mol. The topological polar surface area (TPSA) is 53.6 Å². The number of carbonyl (C=O) groups is 1. The van der Waals surface area contributed by atoms with E-state index < -0.39 is 0 Å². The second kappa shape index (κ2) is 8.00. The van der Waals surface area contributed by atoms with Crippen LogP contribution in [-0.2, 0) is 4.79 Å². The number of anilines is 1. The van der Waals surface area contributed by atoms with Crippen LogP contribution in [0.4, 0.5) is 5.69 Å². The van der Waals surface area contributed by atoms with Gasteiger partial charge in [0.1, 0.15) is 5.75 Å². The lowest BCUT2D eigenvalue weighted by atomic mass is 9.99. The third-order valence-corrected chi connectivity index (χ3v) is 3.74. The van der Waals surface area contributed by atoms with Crippen molar-refractivity contribution in [1.29, 1.82) is 0 Å². The van der Waals surface area contributed by atoms with E-state index in [-0.39, 0.29) is 5.91 Å². The molecule has 1 amide bonds. The van der Waals surface area contributed by atoms with Gasteiger partial charge in [0.05, 0.1) is 13.7 Å². The minimum absolute atomic E-state index is 0.00882. The Labute approximate surface area is 126 Å². The first-order valence-electron chi connectivity index (χ1n) is 7.50. The van der Waals surface area contributed by atoms with Gasteiger partial charge in [-0.1, -0.05) is 6.07 Å². The molecule has 1 aliphatic heterocycles. The molecule has 2 N–H and O–H groups in total. The highest BCUT2D eigenvalue weighted by Gasteiger charge is 2.16. The van der Waals surface area contributed by atoms with Crippen LogP contribution in [-0.4, -0.2) is 51.1 Å². The van der Waals surface area contributed by atoms with Crippen LogP contribution in [0.5, 0.6) is 5.75 Å². The Morgan fingerprint density at radius 1 is 1.52 bits per heavy atom. The first-order chi connectivity index (χ1) is 10.2. The van der Waals surface area contributed by atoms with Crippen molar-refractivity contribution in [2.24, 2.45) is 5.92 Å². The van der Waals surface area contributed by atoms with Gasteiger partial charge >= 0.3 is 0 Å². The predicted molar refractivity (Wildman–Crippen MR) is 84.7 cm³/mol. The number of rotatable bonds is 6. The van der Waals surface area contributed by atoms with E-state index in [0.29, 0.717) is 12.5 Å². The molecule has 0 aliphatic carbocycles. The molecule has 0 radical (unpaired) electrons. The summed E-state index contributed by atoms with van der Waals surface area (Å²) in [5.41, 5.74) is 0.770. The Morgan fingerprint density at radius 2 is 2.38 bits per heavy atom. The van der Waals surface area contributed by atoms with Gasteiger partial charge in [-0.3, -0.25) is 9.69 Å². The van der Waals surface area contributed by atoms with Crippen LogP contribution in [0, 0.1) is 5.92 Å². The van der Waals surface area contributed by atoms with Crippen molar-refractivity contribution < 1.29 is 9.53 Å². The van der Waals surface area contributed by atoms with E-state index in [0.717, 1.165) is 31.1 Å². The zero-order chi connectivity index (χ0) is 15.1. The van der Waals surface area contributed by atoms with E-state index in [1.165, 1.54) is 12.8 Å². The Kier molecular flexibility index (Phi) is 6.02. The lowest BCUT2D eigenvalue weighted by Gasteiger charge is -2.27. The van der Waals surface area contributed by atoms with Gasteiger partial charge in [0, 0.05) is 18.3 Å². The Hall–Kier alpha value is -1.59. The van der Waals surface area contributed by atoms with E-state index in [4.69, 9.17) is 4.74 Å². The molecule has 1 atom stereocenters. The molecule has 1 heterocycles. The molecule has 5 nitrogen and oxygen atoms in total. The van der Waals surface area contributed by atoms with E-state index in [2.05, 4.69) is 15.5 Å². The molecular formula is C16H25N3O2. The normalized spacial score (nSPS) is 18.5. The van der Waals surface area contributed by atoms with Crippen LogP contribution >= 0.6 is 0 Å². The summed E-state index contributed by atoms with van der Waals surface area (Å²) in [7, 11) is 3.62. The zero-order valence-corrected chi connectivity index (χ0v) is 12.9. The fourth-order valence-corrected chi connectivity index (χ4v) is 2.73. The smallest absolute Gasteiger partial charge is 0.238 e. The third-order valence-electron chi connectivity index (χ3n) is 3.74. The highest BCUT2D eigenvalue weighted by atomic mass is 16.5. The number of hydrogen-bond donors (Lipinski definition) is 2. The summed E-state index contributed by atoms with van der Waals surface area (Å²) < 4.78 is 5.15. The summed E-state index contributed by atoms with van der Waals surface area (Å²) in [4.78, 5) is 14.1. The summed E-state index contributed by atoms with van der Waals surface area (Å²) in [6.45, 7) is 3.55. The summed E-state index contributed by atoms with van der Waals surface area (Å²) in [6, 6.07) is 7.41. The van der Waals surface area contributed by atoms with Crippen molar-refractivity contribution in [3.05, 3.63) is 24.3 Å². The highest BCUT2D eigenvalue weighted by molar-refractivity contribution is 5.92. The molecule has 0 saturated carbocycles. The lowest BCUT2D eigenvalue weighted by molar-refractivity contribution is -0.117. The van der Waals surface area contributed by atoms with Crippen LogP contribution in [0.15, 0.2) is 24.3 Å². The van der Waals surface area contributed by atoms with Gasteiger partial charge in [0.2, 0.25) is 5.91 Å². The van der Waals surface area contributed by atoms with Crippen LogP contribution in [0.2, 0.25) is 0 Å². The molecule has 1 aromatic carbocycles. The molecule has 1 fully saturated rings. The van der Waals surface area contributed by atoms with Gasteiger partial charge in [-0.2, -0.15) is 0 Å². The van der Waals surface area contributed by atoms with Gasteiger partial charge in [0.15, 0.2) is 0 Å². The summed E-state index contributed by atoms with van der Waals surface area (Å²) >= 11 is 0. The number of piperidine rings is 1. The van der Waals surface area contributed by atoms with Gasteiger partial charge in [-0.15, -0.1) is 0 Å². The van der Waals surface area contributed by atoms with Crippen molar-refractivity contribution in [1.82, 2.24) is 10.2 Å². The van der Waals surface area contributed by atoms with Crippen LogP contribution in [0.1, 0.15) is 12.8 Å². The Bertz CT molecular complexity index is 459. The van der Waals surface area contributed by atoms with E-state index in [1.54, 1.807) is 7.11 Å². The third kappa shape index (κ3) is 5.36. The molecule has 1 unspecified atom stereocenters. The standard InChI is InChI=1S/C16H25N3O2/c1-19(11-13-5-4-8-17-10-13)12-16(20)18-14-6-3-7-15(9-14)21-2/h3,6-7,9,13,17H,4-5,8,10-12H2,1-2H3,(H,18,20). The second-order valence-electron chi connectivity index (χ2n) is 5.69. The minimum Gasteiger partial charge on any atom is -0.497 e. The van der Waals surface area contributed by atoms with Crippen molar-refractivity contribution in [3.63, 3.8) is 0 Å². The first kappa shape index (κ1) is 15.8. The average molecular weight is 291 g/mol. The van der Waals surface area contributed by atoms with Gasteiger partial charge < -0.3 is 15.4 Å². The average Bonchev–Trinajstić information content (AvgIpc) is 2.48. The molecule has 0 aromatic heterocycles. The number of ether oxygens (including phenoxy) is 1. The molecule has 0 bridgehead atoms. The van der Waals surface area contributed by atoms with Crippen LogP contribution in [0.3, 0.4) is 0 Å². The number of nitrogens with zero attached hydrogens (tertiary/aromatic N) is 1. The quantitative estimate of drug-likeness (QED) is 0.835. The first-order valence-corrected chi connectivity index (χ1v) is 7.50. The minimum atomic E-state index is 0.00882. The van der Waals surface area contributed by atoms with E-state index in [1.807, 2.05) is 31.3 Å².